The zero-order chi connectivity index (χ0) is 73.7. The molecule has 112 heavy (non-hydrogen) atoms. The Morgan fingerprint density at radius 1 is 0.143 bits per heavy atom. The van der Waals surface area contributed by atoms with E-state index >= 15 is 0 Å². The fourth-order valence-corrected chi connectivity index (χ4v) is 16.9. The van der Waals surface area contributed by atoms with Crippen molar-refractivity contribution in [3.63, 3.8) is 0 Å². The smallest absolute Gasteiger partial charge is 0.164 e. The van der Waals surface area contributed by atoms with Gasteiger partial charge >= 0.3 is 0 Å². The average Bonchev–Trinajstić information content (AvgIpc) is 1.57. The number of nitrogens with zero attached hydrogens (tertiary/aromatic N) is 10. The van der Waals surface area contributed by atoms with Gasteiger partial charge in [0.25, 0.3) is 0 Å². The number of hydrogen-bond acceptors (Lipinski definition) is 6. The molecule has 0 saturated heterocycles. The van der Waals surface area contributed by atoms with Crippen LogP contribution in [0, 0.1) is 0 Å². The Labute approximate surface area is 644 Å². The highest BCUT2D eigenvalue weighted by Crippen LogP contribution is 2.46. The van der Waals surface area contributed by atoms with E-state index in [0.717, 1.165) is 155 Å². The fraction of sp³-hybridized carbons (Fsp3) is 0. The fourth-order valence-electron chi connectivity index (χ4n) is 16.9. The lowest BCUT2D eigenvalue weighted by molar-refractivity contribution is 1.07. The Kier molecular flexibility index (Phi) is 15.0. The van der Waals surface area contributed by atoms with Gasteiger partial charge < -0.3 is 18.3 Å². The van der Waals surface area contributed by atoms with Gasteiger partial charge in [-0.15, -0.1) is 0 Å². The molecule has 0 amide bonds. The second-order valence-electron chi connectivity index (χ2n) is 28.6. The molecule has 0 aliphatic heterocycles. The topological polar surface area (TPSA) is 97.1 Å². The van der Waals surface area contributed by atoms with Gasteiger partial charge in [0.2, 0.25) is 0 Å². The van der Waals surface area contributed by atoms with E-state index in [1.807, 2.05) is 97.1 Å². The van der Waals surface area contributed by atoms with E-state index in [1.165, 1.54) is 21.7 Å². The number of fused-ring (bicyclic) bond motifs is 12. The molecule has 0 radical (unpaired) electrons. The molecular formula is C102H64N10. The van der Waals surface area contributed by atoms with Gasteiger partial charge in [0.15, 0.2) is 34.9 Å². The summed E-state index contributed by atoms with van der Waals surface area (Å²) in [7, 11) is 0. The molecule has 522 valence electrons. The number of rotatable bonds is 13. The van der Waals surface area contributed by atoms with Crippen molar-refractivity contribution in [2.75, 3.05) is 0 Å². The molecule has 0 spiro atoms. The second-order valence-corrected chi connectivity index (χ2v) is 28.6. The Bertz CT molecular complexity index is 7360. The van der Waals surface area contributed by atoms with Crippen LogP contribution in [0.25, 0.3) is 212 Å². The normalized spacial score (nSPS) is 11.8. The number of aromatic nitrogens is 10. The van der Waals surface area contributed by atoms with Crippen LogP contribution in [-0.4, -0.2) is 48.2 Å². The molecule has 16 aromatic carbocycles. The van der Waals surface area contributed by atoms with Gasteiger partial charge in [-0.05, 0) is 149 Å². The second kappa shape index (κ2) is 26.3. The third-order valence-corrected chi connectivity index (χ3v) is 22.0. The predicted octanol–water partition coefficient (Wildman–Crippen LogP) is 25.4. The van der Waals surface area contributed by atoms with E-state index in [0.29, 0.717) is 34.9 Å². The maximum atomic E-state index is 5.23. The molecule has 0 aliphatic rings. The number of hydrogen-bond donors (Lipinski definition) is 0. The van der Waals surface area contributed by atoms with Crippen molar-refractivity contribution in [3.8, 4) is 124 Å². The summed E-state index contributed by atoms with van der Waals surface area (Å²) in [5, 5.41) is 9.34. The molecule has 0 aliphatic carbocycles. The van der Waals surface area contributed by atoms with E-state index < -0.39 is 0 Å². The SMILES string of the molecule is c1ccc(-c2nc(-c3ccccc3)nc(-c3cccc(-n4c5ccccc5c5ccc(-c6ccc7c(c6)c6cc(-c8ccc9c%10c(-c%11ccc%12c(c%11)c%11ccccc%11n%12-c%11ccccc%11)cccc%10n(-c%10cccc(-c%11nc(-c%12ccccc%12)nc(-c%12ccccc%12)n%11)c%10)c9c8)ccc6n7-c6ccccc6)cc54)c3)n2)cc1. The summed E-state index contributed by atoms with van der Waals surface area (Å²) in [6.45, 7) is 0. The summed E-state index contributed by atoms with van der Waals surface area (Å²) in [6.07, 6.45) is 0. The van der Waals surface area contributed by atoms with Gasteiger partial charge in [-0.3, -0.25) is 0 Å². The standard InChI is InChI=1S/C102H64N10/c1-7-26-65(27-8-1)97-103-98(66-28-9-2-10-29-66)106-101(105-97)74-34-23-40-78(58-74)111-88-45-21-19-42-81(88)83-53-48-71(63-94(83)111)69-50-55-91-86(60-69)87-61-70(51-56-92(87)110(91)77-38-17-6-18-39-77)72-49-54-84-95(64-72)112(79-41-24-35-75(59-79)102-107-99(67-30-11-3-12-31-67)104-100(108-102)68-32-13-4-14-33-68)93-47-25-44-80(96(84)93)73-52-57-90-85(62-73)82-43-20-22-46-89(82)109(90)76-36-15-5-16-37-76/h1-64H. The van der Waals surface area contributed by atoms with Gasteiger partial charge in [-0.1, -0.05) is 273 Å². The molecule has 0 saturated carbocycles. The van der Waals surface area contributed by atoms with Crippen molar-refractivity contribution in [2.45, 2.75) is 0 Å². The van der Waals surface area contributed by atoms with E-state index in [4.69, 9.17) is 29.9 Å². The Hall–Kier alpha value is -15.3. The summed E-state index contributed by atoms with van der Waals surface area (Å²) >= 11 is 0. The lowest BCUT2D eigenvalue weighted by atomic mass is 9.96. The molecule has 10 heteroatoms. The molecule has 0 fully saturated rings. The quantitative estimate of drug-likeness (QED) is 0.114. The first kappa shape index (κ1) is 64.0. The maximum absolute atomic E-state index is 5.23. The van der Waals surface area contributed by atoms with Crippen molar-refractivity contribution in [1.82, 2.24) is 48.2 Å². The van der Waals surface area contributed by atoms with Crippen LogP contribution < -0.4 is 0 Å². The van der Waals surface area contributed by atoms with Crippen LogP contribution in [0.1, 0.15) is 0 Å². The van der Waals surface area contributed by atoms with E-state index in [2.05, 4.69) is 309 Å². The van der Waals surface area contributed by atoms with Gasteiger partial charge in [0, 0.05) is 99.2 Å². The van der Waals surface area contributed by atoms with Crippen LogP contribution in [0.2, 0.25) is 0 Å². The number of benzene rings is 16. The third kappa shape index (κ3) is 10.8. The van der Waals surface area contributed by atoms with Crippen LogP contribution in [-0.2, 0) is 0 Å². The minimum Gasteiger partial charge on any atom is -0.309 e. The van der Waals surface area contributed by atoms with Crippen molar-refractivity contribution in [1.29, 1.82) is 0 Å². The van der Waals surface area contributed by atoms with Gasteiger partial charge in [0.1, 0.15) is 0 Å². The highest BCUT2D eigenvalue weighted by molar-refractivity contribution is 6.19. The van der Waals surface area contributed by atoms with Gasteiger partial charge in [0.05, 0.1) is 44.1 Å². The van der Waals surface area contributed by atoms with Crippen LogP contribution in [0.3, 0.4) is 0 Å². The van der Waals surface area contributed by atoms with Crippen molar-refractivity contribution in [2.24, 2.45) is 0 Å². The predicted molar refractivity (Wildman–Crippen MR) is 459 cm³/mol. The third-order valence-electron chi connectivity index (χ3n) is 22.0. The molecule has 6 heterocycles. The Morgan fingerprint density at radius 3 is 0.875 bits per heavy atom. The molecule has 0 unspecified atom stereocenters. The summed E-state index contributed by atoms with van der Waals surface area (Å²) in [5.74, 6) is 3.65. The first-order chi connectivity index (χ1) is 55.5. The molecule has 22 aromatic rings. The minimum absolute atomic E-state index is 0.588. The summed E-state index contributed by atoms with van der Waals surface area (Å²) in [4.78, 5) is 30.8. The molecule has 6 aromatic heterocycles. The highest BCUT2D eigenvalue weighted by atomic mass is 15.1. The average molecular weight is 1430 g/mol. The minimum atomic E-state index is 0.588. The van der Waals surface area contributed by atoms with Crippen molar-refractivity contribution >= 4 is 87.2 Å². The lowest BCUT2D eigenvalue weighted by Gasteiger charge is -2.12. The van der Waals surface area contributed by atoms with E-state index in [9.17, 15) is 0 Å². The molecule has 10 nitrogen and oxygen atoms in total. The molecule has 0 bridgehead atoms. The summed E-state index contributed by atoms with van der Waals surface area (Å²) in [5.41, 5.74) is 25.2. The first-order valence-corrected chi connectivity index (χ1v) is 37.8. The lowest BCUT2D eigenvalue weighted by Crippen LogP contribution is -2.01. The van der Waals surface area contributed by atoms with Crippen LogP contribution in [0.15, 0.2) is 388 Å². The summed E-state index contributed by atoms with van der Waals surface area (Å²) in [6, 6.07) is 139. The molecule has 22 rings (SSSR count). The zero-order valence-electron chi connectivity index (χ0n) is 60.4. The first-order valence-electron chi connectivity index (χ1n) is 37.8. The van der Waals surface area contributed by atoms with Crippen LogP contribution >= 0.6 is 0 Å². The maximum Gasteiger partial charge on any atom is 0.164 e. The Morgan fingerprint density at radius 2 is 0.420 bits per heavy atom. The monoisotopic (exact) mass is 1430 g/mol. The van der Waals surface area contributed by atoms with Gasteiger partial charge in [-0.25, -0.2) is 29.9 Å². The zero-order valence-corrected chi connectivity index (χ0v) is 60.4. The Balaban J connectivity index is 0.707. The van der Waals surface area contributed by atoms with Crippen LogP contribution in [0.5, 0.6) is 0 Å². The number of para-hydroxylation sites is 4. The van der Waals surface area contributed by atoms with Crippen molar-refractivity contribution in [3.05, 3.63) is 388 Å². The summed E-state index contributed by atoms with van der Waals surface area (Å²) < 4.78 is 9.62. The molecule has 0 atom stereocenters. The van der Waals surface area contributed by atoms with E-state index in [1.54, 1.807) is 0 Å². The highest BCUT2D eigenvalue weighted by Gasteiger charge is 2.24. The molecule has 0 N–H and O–H groups in total. The largest absolute Gasteiger partial charge is 0.309 e. The molecular weight excluding hydrogens is 1370 g/mol. The van der Waals surface area contributed by atoms with Gasteiger partial charge in [-0.2, -0.15) is 0 Å². The van der Waals surface area contributed by atoms with E-state index in [-0.39, 0.29) is 0 Å². The van der Waals surface area contributed by atoms with Crippen LogP contribution in [0.4, 0.5) is 0 Å². The van der Waals surface area contributed by atoms with Crippen molar-refractivity contribution < 1.29 is 0 Å².